The van der Waals surface area contributed by atoms with Crippen LogP contribution in [0, 0.1) is 0 Å². The van der Waals surface area contributed by atoms with E-state index in [1.54, 1.807) is 0 Å². The number of nitrogens with zero attached hydrogens (tertiary/aromatic N) is 4. The fourth-order valence-electron chi connectivity index (χ4n) is 16.2. The largest absolute Gasteiger partial charge is 0.310 e. The molecule has 2 aliphatic rings. The molecule has 0 radical (unpaired) electrons. The number of aromatic nitrogens is 3. The van der Waals surface area contributed by atoms with Gasteiger partial charge in [-0.15, -0.1) is 0 Å². The Hall–Kier alpha value is -12.2. The van der Waals surface area contributed by atoms with Crippen molar-refractivity contribution in [2.24, 2.45) is 0 Å². The lowest BCUT2D eigenvalue weighted by molar-refractivity contribution is 1.17. The van der Waals surface area contributed by atoms with Crippen LogP contribution in [0.4, 0.5) is 17.1 Å². The van der Waals surface area contributed by atoms with Crippen molar-refractivity contribution >= 4 is 116 Å². The second-order valence-electron chi connectivity index (χ2n) is 25.1. The van der Waals surface area contributed by atoms with Gasteiger partial charge >= 0.3 is 0 Å². The van der Waals surface area contributed by atoms with Crippen molar-refractivity contribution in [3.05, 3.63) is 334 Å². The zero-order valence-corrected chi connectivity index (χ0v) is 50.6. The summed E-state index contributed by atoms with van der Waals surface area (Å²) >= 11 is 0. The number of anilines is 3. The Morgan fingerprint density at radius 3 is 1.30 bits per heavy atom. The molecular formula is C88H55BN4. The monoisotopic (exact) mass is 1180 g/mol. The van der Waals surface area contributed by atoms with Crippen LogP contribution in [-0.2, 0) is 0 Å². The van der Waals surface area contributed by atoms with Crippen molar-refractivity contribution in [2.75, 3.05) is 4.90 Å². The minimum absolute atomic E-state index is 0.230. The van der Waals surface area contributed by atoms with Gasteiger partial charge in [0.1, 0.15) is 0 Å². The summed E-state index contributed by atoms with van der Waals surface area (Å²) in [5, 5.41) is 9.85. The van der Waals surface area contributed by atoms with E-state index >= 15 is 0 Å². The molecule has 0 bridgehead atoms. The summed E-state index contributed by atoms with van der Waals surface area (Å²) in [6, 6.07) is 125. The average Bonchev–Trinajstić information content (AvgIpc) is 1.68. The molecule has 2 aliphatic heterocycles. The summed E-state index contributed by atoms with van der Waals surface area (Å²) in [6.07, 6.45) is 0. The standard InChI is InChI=1S/C88H55BN4/c1-5-23-56(24-6-1)58-43-47-61(48-44-58)68-38-22-39-69(62-49-45-59(46-50-62)57-25-7-2-8-26-57)87(68)93-80-53-73-70-34-15-18-40-76(70)90(64-29-9-3-10-30-64)79(73)54-74(80)89-75-55-81-84(71-35-16-19-41-77(71)91(81)65-31-11-4-12-32-65)85-72-36-17-20-42-78(72)92(88(75)85)82-51-63(52-83(93)86(82)89)67-37-21-28-60-27-13-14-33-66(60)67/h1-55H. The highest BCUT2D eigenvalue weighted by Crippen LogP contribution is 2.53. The minimum atomic E-state index is -0.230. The van der Waals surface area contributed by atoms with Crippen molar-refractivity contribution in [1.29, 1.82) is 0 Å². The van der Waals surface area contributed by atoms with Crippen LogP contribution in [0.2, 0.25) is 0 Å². The fourth-order valence-corrected chi connectivity index (χ4v) is 16.2. The van der Waals surface area contributed by atoms with Crippen LogP contribution in [-0.4, -0.2) is 20.4 Å². The van der Waals surface area contributed by atoms with E-state index in [-0.39, 0.29) is 6.71 Å². The third kappa shape index (κ3) is 7.62. The lowest BCUT2D eigenvalue weighted by Crippen LogP contribution is -2.60. The summed E-state index contributed by atoms with van der Waals surface area (Å²) < 4.78 is 7.69. The van der Waals surface area contributed by atoms with E-state index in [2.05, 4.69) is 352 Å². The maximum Gasteiger partial charge on any atom is 0.252 e. The van der Waals surface area contributed by atoms with Gasteiger partial charge in [-0.05, 0) is 144 Å². The summed E-state index contributed by atoms with van der Waals surface area (Å²) in [6.45, 7) is -0.230. The van der Waals surface area contributed by atoms with Gasteiger partial charge in [-0.1, -0.05) is 261 Å². The predicted octanol–water partition coefficient (Wildman–Crippen LogP) is 21.1. The number of fused-ring (bicyclic) bond motifs is 15. The van der Waals surface area contributed by atoms with Crippen LogP contribution >= 0.6 is 0 Å². The van der Waals surface area contributed by atoms with E-state index in [4.69, 9.17) is 0 Å². The van der Waals surface area contributed by atoms with E-state index < -0.39 is 0 Å². The molecule has 0 saturated carbocycles. The second-order valence-corrected chi connectivity index (χ2v) is 25.1. The van der Waals surface area contributed by atoms with Gasteiger partial charge in [0.25, 0.3) is 6.71 Å². The highest BCUT2D eigenvalue weighted by molar-refractivity contribution is 7.00. The zero-order valence-electron chi connectivity index (χ0n) is 50.6. The molecule has 5 heteroatoms. The van der Waals surface area contributed by atoms with E-state index in [0.717, 1.165) is 56.3 Å². The Morgan fingerprint density at radius 2 is 0.677 bits per heavy atom. The third-order valence-corrected chi connectivity index (χ3v) is 20.2. The highest BCUT2D eigenvalue weighted by Gasteiger charge is 2.45. The van der Waals surface area contributed by atoms with Gasteiger partial charge in [0.15, 0.2) is 0 Å². The first-order valence-corrected chi connectivity index (χ1v) is 32.3. The molecule has 20 rings (SSSR count). The smallest absolute Gasteiger partial charge is 0.252 e. The van der Waals surface area contributed by atoms with E-state index in [9.17, 15) is 0 Å². The van der Waals surface area contributed by atoms with Gasteiger partial charge in [0.2, 0.25) is 0 Å². The SMILES string of the molecule is c1ccc(-c2ccc(-c3cccc(-c4ccc(-c5ccccc5)cc4)c3N3c4cc5c6ccccc6n(-c6ccccc6)c5cc4B4c5c3cc(-c3cccc6ccccc36)cc5-n3c5ccccc5c5c6c7ccccc7n(-c7ccccc7)c6cc4c53)cc2)cc1. The molecule has 0 atom stereocenters. The Bertz CT molecular complexity index is 5980. The number of benzene rings is 15. The predicted molar refractivity (Wildman–Crippen MR) is 393 cm³/mol. The molecule has 430 valence electrons. The molecule has 93 heavy (non-hydrogen) atoms. The second kappa shape index (κ2) is 20.2. The molecule has 0 spiro atoms. The lowest BCUT2D eigenvalue weighted by Gasteiger charge is -2.42. The van der Waals surface area contributed by atoms with Crippen molar-refractivity contribution in [3.8, 4) is 72.7 Å². The van der Waals surface area contributed by atoms with Gasteiger partial charge < -0.3 is 18.6 Å². The molecule has 4 nitrogen and oxygen atoms in total. The summed E-state index contributed by atoms with van der Waals surface area (Å²) in [5.41, 5.74) is 29.4. The van der Waals surface area contributed by atoms with Crippen molar-refractivity contribution < 1.29 is 0 Å². The number of rotatable bonds is 8. The first-order valence-electron chi connectivity index (χ1n) is 32.3. The van der Waals surface area contributed by atoms with E-state index in [1.165, 1.54) is 126 Å². The average molecular weight is 1180 g/mol. The van der Waals surface area contributed by atoms with Gasteiger partial charge in [0.05, 0.1) is 38.8 Å². The minimum Gasteiger partial charge on any atom is -0.310 e. The molecule has 0 N–H and O–H groups in total. The van der Waals surface area contributed by atoms with Crippen LogP contribution in [0.15, 0.2) is 334 Å². The van der Waals surface area contributed by atoms with Gasteiger partial charge in [-0.2, -0.15) is 0 Å². The molecule has 0 unspecified atom stereocenters. The maximum atomic E-state index is 2.71. The van der Waals surface area contributed by atoms with Crippen LogP contribution in [0.3, 0.4) is 0 Å². The molecule has 18 aromatic rings. The third-order valence-electron chi connectivity index (χ3n) is 20.2. The number of para-hydroxylation sites is 6. The molecular weight excluding hydrogens is 1120 g/mol. The van der Waals surface area contributed by atoms with E-state index in [0.29, 0.717) is 0 Å². The number of hydrogen-bond acceptors (Lipinski definition) is 1. The van der Waals surface area contributed by atoms with Crippen molar-refractivity contribution in [3.63, 3.8) is 0 Å². The van der Waals surface area contributed by atoms with Crippen LogP contribution < -0.4 is 21.3 Å². The maximum absolute atomic E-state index is 2.71. The molecule has 0 amide bonds. The van der Waals surface area contributed by atoms with Crippen LogP contribution in [0.5, 0.6) is 0 Å². The molecule has 15 aromatic carbocycles. The first-order chi connectivity index (χ1) is 46.2. The Balaban J connectivity index is 0.980. The first kappa shape index (κ1) is 51.7. The molecule has 3 aromatic heterocycles. The van der Waals surface area contributed by atoms with Gasteiger partial charge in [-0.25, -0.2) is 0 Å². The Morgan fingerprint density at radius 1 is 0.237 bits per heavy atom. The van der Waals surface area contributed by atoms with Gasteiger partial charge in [-0.3, -0.25) is 0 Å². The van der Waals surface area contributed by atoms with Gasteiger partial charge in [0, 0.05) is 71.9 Å². The zero-order chi connectivity index (χ0) is 60.8. The summed E-state index contributed by atoms with van der Waals surface area (Å²) in [5.74, 6) is 0. The topological polar surface area (TPSA) is 18.0 Å². The lowest BCUT2D eigenvalue weighted by atomic mass is 9.33. The Labute approximate surface area is 538 Å². The normalized spacial score (nSPS) is 12.5. The molecule has 0 saturated heterocycles. The van der Waals surface area contributed by atoms with Crippen LogP contribution in [0.1, 0.15) is 0 Å². The summed E-state index contributed by atoms with van der Waals surface area (Å²) in [7, 11) is 0. The molecule has 0 fully saturated rings. The summed E-state index contributed by atoms with van der Waals surface area (Å²) in [4.78, 5) is 2.71. The molecule has 0 aliphatic carbocycles. The molecule has 5 heterocycles. The number of hydrogen-bond donors (Lipinski definition) is 0. The highest BCUT2D eigenvalue weighted by atomic mass is 15.2. The fraction of sp³-hybridized carbons (Fsp3) is 0. The quantitative estimate of drug-likeness (QED) is 0.139. The van der Waals surface area contributed by atoms with Crippen molar-refractivity contribution in [2.45, 2.75) is 0 Å². The van der Waals surface area contributed by atoms with E-state index in [1.807, 2.05) is 0 Å². The van der Waals surface area contributed by atoms with Crippen molar-refractivity contribution in [1.82, 2.24) is 13.7 Å². The van der Waals surface area contributed by atoms with Crippen LogP contribution in [0.25, 0.3) is 149 Å². The Kier molecular flexibility index (Phi) is 11.2.